The van der Waals surface area contributed by atoms with Gasteiger partial charge in [0.05, 0.1) is 10.9 Å². The molecule has 4 N–H and O–H groups in total. The number of ether oxygens (including phenoxy) is 2. The van der Waals surface area contributed by atoms with Crippen LogP contribution in [0.5, 0.6) is 23.0 Å². The third-order valence-electron chi connectivity index (χ3n) is 5.22. The zero-order valence-electron chi connectivity index (χ0n) is 13.2. The molecular weight excluding hydrogens is 346 g/mol. The van der Waals surface area contributed by atoms with E-state index in [2.05, 4.69) is 5.32 Å². The molecule has 0 saturated carbocycles. The molecule has 0 fully saturated rings. The summed E-state index contributed by atoms with van der Waals surface area (Å²) in [6, 6.07) is 4.79. The summed E-state index contributed by atoms with van der Waals surface area (Å²) < 4.78 is 11.7. The lowest BCUT2D eigenvalue weighted by molar-refractivity contribution is -0.154. The highest BCUT2D eigenvalue weighted by molar-refractivity contribution is 6.32. The van der Waals surface area contributed by atoms with Gasteiger partial charge in [-0.1, -0.05) is 11.6 Å². The zero-order chi connectivity index (χ0) is 17.3. The lowest BCUT2D eigenvalue weighted by Crippen LogP contribution is -2.44. The summed E-state index contributed by atoms with van der Waals surface area (Å²) in [4.78, 5) is 0. The van der Waals surface area contributed by atoms with E-state index in [1.165, 1.54) is 12.1 Å². The lowest BCUT2D eigenvalue weighted by Gasteiger charge is -2.38. The largest absolute Gasteiger partial charge is 0.504 e. The second-order valence-corrected chi connectivity index (χ2v) is 7.15. The molecule has 25 heavy (non-hydrogen) atoms. The van der Waals surface area contributed by atoms with Gasteiger partial charge >= 0.3 is 0 Å². The van der Waals surface area contributed by atoms with Crippen LogP contribution in [-0.2, 0) is 12.8 Å². The Morgan fingerprint density at radius 3 is 2.76 bits per heavy atom. The van der Waals surface area contributed by atoms with Gasteiger partial charge in [0.25, 0.3) is 0 Å². The monoisotopic (exact) mass is 361 g/mol. The molecule has 2 heterocycles. The average molecular weight is 362 g/mol. The molecule has 2 atom stereocenters. The summed E-state index contributed by atoms with van der Waals surface area (Å²) in [5.41, 5.74) is 3.08. The third-order valence-corrected chi connectivity index (χ3v) is 5.50. The van der Waals surface area contributed by atoms with E-state index in [0.29, 0.717) is 41.8 Å². The zero-order valence-corrected chi connectivity index (χ0v) is 13.9. The minimum absolute atomic E-state index is 0.200. The molecule has 0 aromatic heterocycles. The van der Waals surface area contributed by atoms with Gasteiger partial charge < -0.3 is 30.1 Å². The van der Waals surface area contributed by atoms with Crippen LogP contribution in [0.15, 0.2) is 18.2 Å². The molecule has 3 aliphatic rings. The van der Waals surface area contributed by atoms with Gasteiger partial charge in [0.2, 0.25) is 5.79 Å². The van der Waals surface area contributed by atoms with Crippen LogP contribution in [0, 0.1) is 0 Å². The molecule has 5 rings (SSSR count). The van der Waals surface area contributed by atoms with Crippen molar-refractivity contribution >= 4 is 17.3 Å². The molecule has 0 bridgehead atoms. The van der Waals surface area contributed by atoms with Crippen LogP contribution in [0.3, 0.4) is 0 Å². The highest BCUT2D eigenvalue weighted by Gasteiger charge is 2.51. The highest BCUT2D eigenvalue weighted by atomic mass is 35.5. The topological polar surface area (TPSA) is 91.2 Å². The highest BCUT2D eigenvalue weighted by Crippen LogP contribution is 2.55. The number of nitrogens with one attached hydrogen (secondary N) is 1. The summed E-state index contributed by atoms with van der Waals surface area (Å²) in [5, 5.41) is 34.5. The normalized spacial score (nSPS) is 25.6. The number of phenolic OH excluding ortho intramolecular Hbond substituents is 2. The maximum Gasteiger partial charge on any atom is 0.219 e. The van der Waals surface area contributed by atoms with Crippen molar-refractivity contribution in [2.24, 2.45) is 0 Å². The van der Waals surface area contributed by atoms with Gasteiger partial charge in [-0.25, -0.2) is 0 Å². The van der Waals surface area contributed by atoms with E-state index in [-0.39, 0.29) is 23.8 Å². The van der Waals surface area contributed by atoms with Crippen molar-refractivity contribution in [2.45, 2.75) is 24.5 Å². The molecule has 0 radical (unpaired) electrons. The van der Waals surface area contributed by atoms with Crippen molar-refractivity contribution in [1.82, 2.24) is 0 Å². The Hall–Kier alpha value is -2.31. The Morgan fingerprint density at radius 2 is 1.92 bits per heavy atom. The summed E-state index contributed by atoms with van der Waals surface area (Å²) >= 11 is 6.35. The number of aliphatic hydroxyl groups is 1. The van der Waals surface area contributed by atoms with Gasteiger partial charge in [-0.3, -0.25) is 0 Å². The smallest absolute Gasteiger partial charge is 0.219 e. The number of anilines is 1. The molecular formula is C18H16ClNO5. The van der Waals surface area contributed by atoms with Crippen LogP contribution in [0.4, 0.5) is 5.69 Å². The predicted molar refractivity (Wildman–Crippen MR) is 90.9 cm³/mol. The summed E-state index contributed by atoms with van der Waals surface area (Å²) in [7, 11) is 0. The number of fused-ring (bicyclic) bond motifs is 6. The number of halogens is 1. The van der Waals surface area contributed by atoms with Gasteiger partial charge in [-0.2, -0.15) is 0 Å². The molecule has 1 aliphatic carbocycles. The Labute approximate surface area is 148 Å². The summed E-state index contributed by atoms with van der Waals surface area (Å²) in [6.45, 7) is 1.15. The maximum absolute atomic E-state index is 11.1. The fourth-order valence-electron chi connectivity index (χ4n) is 4.09. The van der Waals surface area contributed by atoms with Crippen molar-refractivity contribution in [2.75, 3.05) is 18.5 Å². The number of benzene rings is 2. The molecule has 6 nitrogen and oxygen atoms in total. The molecule has 2 aromatic carbocycles. The standard InChI is InChI=1S/C18H16ClNO5/c19-12-4-8-3-11-10-6-14(22)13(21)5-9(10)7-18(11,23)25-16(8)15-17(12)24-2-1-20-15/h4-6,11,20-23H,1-3,7H2/t11?,18-/m0/s1. The number of hydrogen-bond donors (Lipinski definition) is 4. The fourth-order valence-corrected chi connectivity index (χ4v) is 4.37. The first-order chi connectivity index (χ1) is 12.0. The minimum Gasteiger partial charge on any atom is -0.504 e. The van der Waals surface area contributed by atoms with Crippen LogP contribution >= 0.6 is 11.6 Å². The average Bonchev–Trinajstić information content (AvgIpc) is 2.85. The second kappa shape index (κ2) is 4.86. The van der Waals surface area contributed by atoms with Crippen molar-refractivity contribution in [1.29, 1.82) is 0 Å². The van der Waals surface area contributed by atoms with E-state index < -0.39 is 5.79 Å². The van der Waals surface area contributed by atoms with Crippen molar-refractivity contribution < 1.29 is 24.8 Å². The Bertz CT molecular complexity index is 915. The van der Waals surface area contributed by atoms with Gasteiger partial charge in [-0.15, -0.1) is 0 Å². The van der Waals surface area contributed by atoms with Crippen LogP contribution < -0.4 is 14.8 Å². The predicted octanol–water partition coefficient (Wildman–Crippen LogP) is 2.52. The first-order valence-corrected chi connectivity index (χ1v) is 8.52. The number of phenols is 2. The molecule has 2 aromatic rings. The van der Waals surface area contributed by atoms with Gasteiger partial charge in [0.1, 0.15) is 12.3 Å². The molecule has 7 heteroatoms. The van der Waals surface area contributed by atoms with E-state index in [4.69, 9.17) is 21.1 Å². The summed E-state index contributed by atoms with van der Waals surface area (Å²) in [6.07, 6.45) is 0.746. The Balaban J connectivity index is 1.65. The Kier molecular flexibility index (Phi) is 2.92. The van der Waals surface area contributed by atoms with E-state index in [1.54, 1.807) is 6.07 Å². The Morgan fingerprint density at radius 1 is 1.12 bits per heavy atom. The van der Waals surface area contributed by atoms with E-state index >= 15 is 0 Å². The summed E-state index contributed by atoms with van der Waals surface area (Å²) in [5.74, 6) is -1.09. The first-order valence-electron chi connectivity index (χ1n) is 8.14. The van der Waals surface area contributed by atoms with Crippen LogP contribution in [-0.4, -0.2) is 34.3 Å². The van der Waals surface area contributed by atoms with Crippen LogP contribution in [0.25, 0.3) is 0 Å². The van der Waals surface area contributed by atoms with Crippen LogP contribution in [0.2, 0.25) is 5.02 Å². The molecule has 2 aliphatic heterocycles. The fraction of sp³-hybridized carbons (Fsp3) is 0.333. The molecule has 0 saturated heterocycles. The van der Waals surface area contributed by atoms with E-state index in [0.717, 1.165) is 16.7 Å². The van der Waals surface area contributed by atoms with E-state index in [1.807, 2.05) is 0 Å². The van der Waals surface area contributed by atoms with Crippen molar-refractivity contribution in [3.63, 3.8) is 0 Å². The van der Waals surface area contributed by atoms with E-state index in [9.17, 15) is 15.3 Å². The number of hydrogen-bond acceptors (Lipinski definition) is 6. The molecule has 1 unspecified atom stereocenters. The van der Waals surface area contributed by atoms with Crippen molar-refractivity contribution in [3.05, 3.63) is 39.9 Å². The second-order valence-electron chi connectivity index (χ2n) is 6.75. The SMILES string of the molecule is Oc1cc2c(cc1O)C1Cc3cc(Cl)c4c(c3O[C@@]1(O)C2)NCCO4. The van der Waals surface area contributed by atoms with Gasteiger partial charge in [-0.05, 0) is 41.3 Å². The number of rotatable bonds is 0. The molecule has 130 valence electrons. The molecule has 0 spiro atoms. The minimum atomic E-state index is -1.43. The third kappa shape index (κ3) is 2.01. The quantitative estimate of drug-likeness (QED) is 0.539. The lowest BCUT2D eigenvalue weighted by atomic mass is 9.86. The first kappa shape index (κ1) is 15.0. The van der Waals surface area contributed by atoms with Gasteiger partial charge in [0, 0.05) is 13.0 Å². The number of aromatic hydroxyl groups is 2. The van der Waals surface area contributed by atoms with Crippen molar-refractivity contribution in [3.8, 4) is 23.0 Å². The molecule has 0 amide bonds. The van der Waals surface area contributed by atoms with Gasteiger partial charge in [0.15, 0.2) is 23.0 Å². The maximum atomic E-state index is 11.1. The van der Waals surface area contributed by atoms with Crippen LogP contribution in [0.1, 0.15) is 22.6 Å².